The minimum atomic E-state index is -4.80. The highest BCUT2D eigenvalue weighted by Crippen LogP contribution is 2.41. The maximum Gasteiger partial charge on any atom is 0.433 e. The van der Waals surface area contributed by atoms with Crippen molar-refractivity contribution in [2.45, 2.75) is 32.0 Å². The molecule has 0 amide bonds. The Morgan fingerprint density at radius 1 is 0.969 bits per heavy atom. The second-order valence-electron chi connectivity index (χ2n) is 7.94. The van der Waals surface area contributed by atoms with E-state index in [1.54, 1.807) is 18.2 Å². The van der Waals surface area contributed by atoms with Crippen LogP contribution >= 0.6 is 0 Å². The molecule has 1 aromatic heterocycles. The normalized spacial score (nSPS) is 22.7. The van der Waals surface area contributed by atoms with E-state index in [2.05, 4.69) is 4.98 Å². The fourth-order valence-corrected chi connectivity index (χ4v) is 4.31. The van der Waals surface area contributed by atoms with E-state index >= 15 is 0 Å². The van der Waals surface area contributed by atoms with Gasteiger partial charge in [0.15, 0.2) is 17.3 Å². The summed E-state index contributed by atoms with van der Waals surface area (Å²) in [6.07, 6.45) is -3.35. The Labute approximate surface area is 180 Å². The summed E-state index contributed by atoms with van der Waals surface area (Å²) >= 11 is 0. The van der Waals surface area contributed by atoms with E-state index in [1.807, 2.05) is 0 Å². The van der Waals surface area contributed by atoms with Gasteiger partial charge in [-0.25, -0.2) is 9.78 Å². The van der Waals surface area contributed by atoms with Crippen LogP contribution in [0.4, 0.5) is 13.2 Å². The van der Waals surface area contributed by atoms with Gasteiger partial charge < -0.3 is 4.74 Å². The lowest BCUT2D eigenvalue weighted by molar-refractivity contribution is -0.141. The number of nitrogens with zero attached hydrogens (tertiary/aromatic N) is 1. The molecule has 166 valence electrons. The standard InChI is InChI=1S/C23H18F3NO5/c24-23(25,26)17-9-8-15(16(27-17)11-32-22(31)12-4-2-1-3-5-12)21(30)18-19(28)13-6-7-14(10-13)20(18)29/h1-5,8-9,13-14,18H,6-7,10-11H2. The van der Waals surface area contributed by atoms with E-state index in [-0.39, 0.29) is 11.1 Å². The molecule has 2 saturated carbocycles. The van der Waals surface area contributed by atoms with Crippen LogP contribution in [0, 0.1) is 17.8 Å². The number of ketones is 3. The van der Waals surface area contributed by atoms with Gasteiger partial charge in [-0.2, -0.15) is 13.2 Å². The Balaban J connectivity index is 1.65. The Hall–Kier alpha value is -3.36. The monoisotopic (exact) mass is 445 g/mol. The lowest BCUT2D eigenvalue weighted by atomic mass is 9.75. The Morgan fingerprint density at radius 3 is 2.19 bits per heavy atom. The first kappa shape index (κ1) is 21.9. The zero-order valence-electron chi connectivity index (χ0n) is 16.7. The Morgan fingerprint density at radius 2 is 1.59 bits per heavy atom. The van der Waals surface area contributed by atoms with Gasteiger partial charge in [-0.05, 0) is 43.5 Å². The van der Waals surface area contributed by atoms with E-state index in [0.717, 1.165) is 6.07 Å². The van der Waals surface area contributed by atoms with Crippen molar-refractivity contribution in [1.29, 1.82) is 0 Å². The number of alkyl halides is 3. The molecule has 2 aromatic rings. The summed E-state index contributed by atoms with van der Waals surface area (Å²) in [5.41, 5.74) is -1.89. The molecule has 4 rings (SSSR count). The molecular formula is C23H18F3NO5. The van der Waals surface area contributed by atoms with E-state index in [0.29, 0.717) is 25.3 Å². The first-order valence-electron chi connectivity index (χ1n) is 10.1. The Bertz CT molecular complexity index is 1070. The van der Waals surface area contributed by atoms with Crippen LogP contribution in [0.25, 0.3) is 0 Å². The number of benzene rings is 1. The fraction of sp³-hybridized carbons (Fsp3) is 0.348. The Kier molecular flexibility index (Phi) is 5.66. The summed E-state index contributed by atoms with van der Waals surface area (Å²) in [7, 11) is 0. The number of hydrogen-bond acceptors (Lipinski definition) is 6. The van der Waals surface area contributed by atoms with Gasteiger partial charge in [-0.3, -0.25) is 14.4 Å². The lowest BCUT2D eigenvalue weighted by Crippen LogP contribution is -2.42. The number of fused-ring (bicyclic) bond motifs is 2. The number of rotatable bonds is 5. The van der Waals surface area contributed by atoms with Crippen molar-refractivity contribution >= 4 is 23.3 Å². The molecule has 32 heavy (non-hydrogen) atoms. The lowest BCUT2D eigenvalue weighted by Gasteiger charge is -2.25. The molecule has 1 heterocycles. The number of carbonyl (C=O) groups excluding carboxylic acids is 4. The van der Waals surface area contributed by atoms with Crippen LogP contribution in [0.15, 0.2) is 42.5 Å². The summed E-state index contributed by atoms with van der Waals surface area (Å²) in [5, 5.41) is 0. The second kappa shape index (κ2) is 8.29. The molecule has 0 aliphatic heterocycles. The number of pyridine rings is 1. The molecule has 2 atom stereocenters. The number of ether oxygens (including phenoxy) is 1. The molecule has 0 saturated heterocycles. The predicted molar refractivity (Wildman–Crippen MR) is 103 cm³/mol. The number of carbonyl (C=O) groups is 4. The van der Waals surface area contributed by atoms with Gasteiger partial charge in [-0.15, -0.1) is 0 Å². The fourth-order valence-electron chi connectivity index (χ4n) is 4.31. The smallest absolute Gasteiger partial charge is 0.433 e. The molecule has 6 nitrogen and oxygen atoms in total. The van der Waals surface area contributed by atoms with E-state index < -0.39 is 65.2 Å². The van der Waals surface area contributed by atoms with Gasteiger partial charge >= 0.3 is 12.1 Å². The molecule has 0 N–H and O–H groups in total. The van der Waals surface area contributed by atoms with Gasteiger partial charge in [0.05, 0.1) is 11.3 Å². The van der Waals surface area contributed by atoms with Crippen LogP contribution in [0.1, 0.15) is 51.4 Å². The van der Waals surface area contributed by atoms with Crippen LogP contribution in [-0.2, 0) is 27.1 Å². The van der Waals surface area contributed by atoms with Crippen LogP contribution < -0.4 is 0 Å². The van der Waals surface area contributed by atoms with Gasteiger partial charge in [0.2, 0.25) is 0 Å². The minimum Gasteiger partial charge on any atom is -0.456 e. The number of hydrogen-bond donors (Lipinski definition) is 0. The van der Waals surface area contributed by atoms with Crippen molar-refractivity contribution in [3.63, 3.8) is 0 Å². The number of aromatic nitrogens is 1. The molecule has 1 aromatic carbocycles. The quantitative estimate of drug-likeness (QED) is 0.395. The molecule has 0 spiro atoms. The van der Waals surface area contributed by atoms with Gasteiger partial charge in [0.25, 0.3) is 0 Å². The summed E-state index contributed by atoms with van der Waals surface area (Å²) in [4.78, 5) is 54.2. The highest BCUT2D eigenvalue weighted by atomic mass is 19.4. The number of Topliss-reactive ketones (excluding diaryl/α,β-unsaturated/α-hetero) is 3. The first-order chi connectivity index (χ1) is 15.2. The van der Waals surface area contributed by atoms with Crippen molar-refractivity contribution in [2.75, 3.05) is 0 Å². The van der Waals surface area contributed by atoms with Crippen LogP contribution in [-0.4, -0.2) is 28.3 Å². The SMILES string of the molecule is O=C(OCc1nc(C(F)(F)F)ccc1C(=O)C1C(=O)C2CCC(C2)C1=O)c1ccccc1. The highest BCUT2D eigenvalue weighted by Gasteiger charge is 2.50. The second-order valence-corrected chi connectivity index (χ2v) is 7.94. The number of esters is 1. The zero-order chi connectivity index (χ0) is 23.0. The van der Waals surface area contributed by atoms with Crippen LogP contribution in [0.2, 0.25) is 0 Å². The average Bonchev–Trinajstić information content (AvgIpc) is 3.23. The van der Waals surface area contributed by atoms with E-state index in [9.17, 15) is 32.3 Å². The highest BCUT2D eigenvalue weighted by molar-refractivity contribution is 6.26. The topological polar surface area (TPSA) is 90.4 Å². The first-order valence-corrected chi connectivity index (χ1v) is 10.1. The number of halogens is 3. The van der Waals surface area contributed by atoms with Crippen molar-refractivity contribution in [1.82, 2.24) is 4.98 Å². The largest absolute Gasteiger partial charge is 0.456 e. The van der Waals surface area contributed by atoms with Gasteiger partial charge in [0, 0.05) is 17.4 Å². The zero-order valence-corrected chi connectivity index (χ0v) is 16.7. The van der Waals surface area contributed by atoms with E-state index in [4.69, 9.17) is 4.74 Å². The molecular weight excluding hydrogens is 427 g/mol. The maximum atomic E-state index is 13.2. The molecule has 2 aliphatic rings. The third-order valence-corrected chi connectivity index (χ3v) is 5.95. The van der Waals surface area contributed by atoms with E-state index in [1.165, 1.54) is 12.1 Å². The molecule has 2 aliphatic carbocycles. The molecule has 2 unspecified atom stereocenters. The van der Waals surface area contributed by atoms with Crippen molar-refractivity contribution < 1.29 is 37.1 Å². The van der Waals surface area contributed by atoms with Crippen LogP contribution in [0.3, 0.4) is 0 Å². The molecule has 9 heteroatoms. The van der Waals surface area contributed by atoms with Gasteiger partial charge in [-0.1, -0.05) is 18.2 Å². The predicted octanol–water partition coefficient (Wildman–Crippen LogP) is 3.82. The summed E-state index contributed by atoms with van der Waals surface area (Å²) in [5.74, 6) is -5.05. The average molecular weight is 445 g/mol. The molecule has 2 bridgehead atoms. The molecule has 2 fully saturated rings. The van der Waals surface area contributed by atoms with Gasteiger partial charge in [0.1, 0.15) is 18.2 Å². The summed E-state index contributed by atoms with van der Waals surface area (Å²) < 4.78 is 44.6. The van der Waals surface area contributed by atoms with Crippen LogP contribution in [0.5, 0.6) is 0 Å². The van der Waals surface area contributed by atoms with Crippen molar-refractivity contribution in [2.24, 2.45) is 17.8 Å². The third kappa shape index (κ3) is 4.06. The van der Waals surface area contributed by atoms with Crippen molar-refractivity contribution in [3.05, 3.63) is 65.0 Å². The minimum absolute atomic E-state index is 0.168. The summed E-state index contributed by atoms with van der Waals surface area (Å²) in [6.45, 7) is -0.722. The third-order valence-electron chi connectivity index (χ3n) is 5.95. The summed E-state index contributed by atoms with van der Waals surface area (Å²) in [6, 6.07) is 9.27. The van der Waals surface area contributed by atoms with Crippen molar-refractivity contribution in [3.8, 4) is 0 Å². The molecule has 0 radical (unpaired) electrons. The maximum absolute atomic E-state index is 13.2.